The molecule has 1 fully saturated rings. The monoisotopic (exact) mass is 312 g/mol. The number of hydrogen-bond donors (Lipinski definition) is 1. The van der Waals surface area contributed by atoms with Crippen LogP contribution in [0.2, 0.25) is 0 Å². The minimum Gasteiger partial charge on any atom is -0.342 e. The van der Waals surface area contributed by atoms with E-state index in [9.17, 15) is 9.59 Å². The highest BCUT2D eigenvalue weighted by molar-refractivity contribution is 8.00. The van der Waals surface area contributed by atoms with Crippen LogP contribution in [-0.4, -0.2) is 47.4 Å². The minimum atomic E-state index is -0.167. The van der Waals surface area contributed by atoms with E-state index < -0.39 is 0 Å². The van der Waals surface area contributed by atoms with Crippen LogP contribution in [0.4, 0.5) is 0 Å². The van der Waals surface area contributed by atoms with E-state index >= 15 is 0 Å². The van der Waals surface area contributed by atoms with Gasteiger partial charge in [-0.2, -0.15) is 11.8 Å². The third kappa shape index (κ3) is 3.99. The summed E-state index contributed by atoms with van der Waals surface area (Å²) in [5, 5.41) is 5.05. The number of nitrogens with one attached hydrogen (secondary N) is 1. The van der Waals surface area contributed by atoms with E-state index in [2.05, 4.69) is 19.2 Å². The zero-order valence-corrected chi connectivity index (χ0v) is 13.4. The molecule has 0 spiro atoms. The molecule has 1 saturated heterocycles. The maximum absolute atomic E-state index is 12.1. The summed E-state index contributed by atoms with van der Waals surface area (Å²) in [6.45, 7) is 6.03. The Morgan fingerprint density at radius 3 is 2.95 bits per heavy atom. The third-order valence-corrected chi connectivity index (χ3v) is 5.74. The third-order valence-electron chi connectivity index (χ3n) is 3.33. The molecule has 1 aliphatic heterocycles. The number of rotatable bonds is 4. The van der Waals surface area contributed by atoms with Gasteiger partial charge in [0.2, 0.25) is 5.91 Å². The molecule has 4 nitrogen and oxygen atoms in total. The maximum atomic E-state index is 12.1. The van der Waals surface area contributed by atoms with E-state index in [1.165, 1.54) is 11.3 Å². The predicted molar refractivity (Wildman–Crippen MR) is 84.3 cm³/mol. The standard InChI is InChI=1S/C14H20N2O2S2/c1-10(2)12-9-16(5-7-20-12)13(17)8-15-14(18)11-4-3-6-19-11/h3-4,6,10,12H,5,7-9H2,1-2H3,(H,15,18)/t12-/m1/s1. The molecular weight excluding hydrogens is 292 g/mol. The summed E-state index contributed by atoms with van der Waals surface area (Å²) in [4.78, 5) is 26.5. The lowest BCUT2D eigenvalue weighted by Crippen LogP contribution is -2.47. The molecule has 0 aromatic carbocycles. The van der Waals surface area contributed by atoms with Gasteiger partial charge in [0.25, 0.3) is 5.91 Å². The second-order valence-corrected chi connectivity index (χ2v) is 7.45. The molecule has 2 amide bonds. The highest BCUT2D eigenvalue weighted by atomic mass is 32.2. The maximum Gasteiger partial charge on any atom is 0.261 e. The van der Waals surface area contributed by atoms with Gasteiger partial charge < -0.3 is 10.2 Å². The number of carbonyl (C=O) groups excluding carboxylic acids is 2. The van der Waals surface area contributed by atoms with Crippen LogP contribution in [0.3, 0.4) is 0 Å². The van der Waals surface area contributed by atoms with Gasteiger partial charge in [0.05, 0.1) is 11.4 Å². The van der Waals surface area contributed by atoms with Crippen LogP contribution in [0.25, 0.3) is 0 Å². The summed E-state index contributed by atoms with van der Waals surface area (Å²) < 4.78 is 0. The molecule has 1 N–H and O–H groups in total. The van der Waals surface area contributed by atoms with Gasteiger partial charge in [0.15, 0.2) is 0 Å². The summed E-state index contributed by atoms with van der Waals surface area (Å²) in [6.07, 6.45) is 0. The second kappa shape index (κ2) is 7.13. The average molecular weight is 312 g/mol. The van der Waals surface area contributed by atoms with Crippen LogP contribution in [-0.2, 0) is 4.79 Å². The van der Waals surface area contributed by atoms with Crippen LogP contribution in [0.15, 0.2) is 17.5 Å². The highest BCUT2D eigenvalue weighted by Crippen LogP contribution is 2.24. The molecule has 0 aliphatic carbocycles. The van der Waals surface area contributed by atoms with E-state index in [-0.39, 0.29) is 18.4 Å². The molecule has 0 bridgehead atoms. The molecule has 0 saturated carbocycles. The van der Waals surface area contributed by atoms with Gasteiger partial charge in [-0.3, -0.25) is 9.59 Å². The van der Waals surface area contributed by atoms with Gasteiger partial charge in [-0.25, -0.2) is 0 Å². The number of thioether (sulfide) groups is 1. The summed E-state index contributed by atoms with van der Waals surface area (Å²) in [5.74, 6) is 1.39. The molecule has 6 heteroatoms. The van der Waals surface area contributed by atoms with Crippen LogP contribution in [0, 0.1) is 5.92 Å². The van der Waals surface area contributed by atoms with E-state index in [1.807, 2.05) is 28.1 Å². The van der Waals surface area contributed by atoms with Crippen LogP contribution in [0.1, 0.15) is 23.5 Å². The van der Waals surface area contributed by atoms with Crippen molar-refractivity contribution in [1.29, 1.82) is 0 Å². The van der Waals surface area contributed by atoms with E-state index in [0.29, 0.717) is 16.0 Å². The van der Waals surface area contributed by atoms with Crippen molar-refractivity contribution in [2.24, 2.45) is 5.92 Å². The quantitative estimate of drug-likeness (QED) is 0.926. The zero-order valence-electron chi connectivity index (χ0n) is 11.8. The number of hydrogen-bond acceptors (Lipinski definition) is 4. The van der Waals surface area contributed by atoms with E-state index in [4.69, 9.17) is 0 Å². The lowest BCUT2D eigenvalue weighted by atomic mass is 10.1. The Bertz CT molecular complexity index is 460. The average Bonchev–Trinajstić information content (AvgIpc) is 2.98. The first-order valence-corrected chi connectivity index (χ1v) is 8.72. The van der Waals surface area contributed by atoms with Crippen molar-refractivity contribution >= 4 is 34.9 Å². The van der Waals surface area contributed by atoms with Crippen molar-refractivity contribution in [3.63, 3.8) is 0 Å². The minimum absolute atomic E-state index is 0.0147. The Morgan fingerprint density at radius 2 is 2.30 bits per heavy atom. The summed E-state index contributed by atoms with van der Waals surface area (Å²) >= 11 is 3.32. The Morgan fingerprint density at radius 1 is 1.50 bits per heavy atom. The molecule has 0 unspecified atom stereocenters. The van der Waals surface area contributed by atoms with Gasteiger partial charge >= 0.3 is 0 Å². The second-order valence-electron chi connectivity index (χ2n) is 5.15. The van der Waals surface area contributed by atoms with E-state index in [1.54, 1.807) is 6.07 Å². The molecule has 20 heavy (non-hydrogen) atoms. The van der Waals surface area contributed by atoms with Crippen molar-refractivity contribution in [2.45, 2.75) is 19.1 Å². The lowest BCUT2D eigenvalue weighted by molar-refractivity contribution is -0.130. The van der Waals surface area contributed by atoms with E-state index in [0.717, 1.165) is 18.8 Å². The van der Waals surface area contributed by atoms with Gasteiger partial charge in [0.1, 0.15) is 0 Å². The lowest BCUT2D eigenvalue weighted by Gasteiger charge is -2.34. The summed E-state index contributed by atoms with van der Waals surface area (Å²) in [6, 6.07) is 3.59. The number of amides is 2. The van der Waals surface area contributed by atoms with Gasteiger partial charge in [-0.15, -0.1) is 11.3 Å². The van der Waals surface area contributed by atoms with Crippen molar-refractivity contribution in [1.82, 2.24) is 10.2 Å². The van der Waals surface area contributed by atoms with Gasteiger partial charge in [0, 0.05) is 24.1 Å². The van der Waals surface area contributed by atoms with Crippen LogP contribution in [0.5, 0.6) is 0 Å². The first-order chi connectivity index (χ1) is 9.58. The first kappa shape index (κ1) is 15.4. The molecular formula is C14H20N2O2S2. The largest absolute Gasteiger partial charge is 0.342 e. The number of nitrogens with zero attached hydrogens (tertiary/aromatic N) is 1. The van der Waals surface area contributed by atoms with Gasteiger partial charge in [-0.1, -0.05) is 19.9 Å². The number of thiophene rings is 1. The van der Waals surface area contributed by atoms with Gasteiger partial charge in [-0.05, 0) is 17.4 Å². The Labute approximate surface area is 127 Å². The van der Waals surface area contributed by atoms with Crippen molar-refractivity contribution in [3.8, 4) is 0 Å². The highest BCUT2D eigenvalue weighted by Gasteiger charge is 2.26. The fourth-order valence-electron chi connectivity index (χ4n) is 2.07. The zero-order chi connectivity index (χ0) is 14.5. The number of carbonyl (C=O) groups is 2. The topological polar surface area (TPSA) is 49.4 Å². The fraction of sp³-hybridized carbons (Fsp3) is 0.571. The fourth-order valence-corrected chi connectivity index (χ4v) is 4.01. The molecule has 1 atom stereocenters. The van der Waals surface area contributed by atoms with Crippen molar-refractivity contribution in [2.75, 3.05) is 25.4 Å². The molecule has 1 aromatic rings. The predicted octanol–water partition coefficient (Wildman–Crippen LogP) is 2.08. The Balaban J connectivity index is 1.81. The molecule has 1 aromatic heterocycles. The Kier molecular flexibility index (Phi) is 5.48. The van der Waals surface area contributed by atoms with Crippen LogP contribution >= 0.6 is 23.1 Å². The van der Waals surface area contributed by atoms with Crippen LogP contribution < -0.4 is 5.32 Å². The molecule has 1 aliphatic rings. The first-order valence-electron chi connectivity index (χ1n) is 6.79. The smallest absolute Gasteiger partial charge is 0.261 e. The molecule has 0 radical (unpaired) electrons. The normalized spacial score (nSPS) is 19.1. The van der Waals surface area contributed by atoms with Crippen molar-refractivity contribution < 1.29 is 9.59 Å². The molecule has 2 heterocycles. The summed E-state index contributed by atoms with van der Waals surface area (Å²) in [7, 11) is 0. The Hall–Kier alpha value is -1.01. The molecule has 110 valence electrons. The van der Waals surface area contributed by atoms with Crippen molar-refractivity contribution in [3.05, 3.63) is 22.4 Å². The SMILES string of the molecule is CC(C)[C@H]1CN(C(=O)CNC(=O)c2cccs2)CCS1. The molecule has 2 rings (SSSR count). The summed E-state index contributed by atoms with van der Waals surface area (Å²) in [5.41, 5.74) is 0.